The maximum Gasteiger partial charge on any atom is 0.245 e. The summed E-state index contributed by atoms with van der Waals surface area (Å²) in [4.78, 5) is 0.231. The average molecular weight is 380 g/mol. The van der Waals surface area contributed by atoms with Crippen LogP contribution in [-0.4, -0.2) is 28.0 Å². The SMILES string of the molecule is O=S(=O)(c1cccc2nsnc12)N1CCC[C@H]1c1ccc(Cl)cc1. The minimum absolute atomic E-state index is 0.172. The summed E-state index contributed by atoms with van der Waals surface area (Å²) in [6.07, 6.45) is 1.63. The number of hydrogen-bond donors (Lipinski definition) is 0. The first-order valence-electron chi connectivity index (χ1n) is 7.56. The number of hydrogen-bond acceptors (Lipinski definition) is 5. The van der Waals surface area contributed by atoms with Crippen LogP contribution in [0.3, 0.4) is 0 Å². The van der Waals surface area contributed by atoms with Gasteiger partial charge in [-0.25, -0.2) is 8.42 Å². The zero-order chi connectivity index (χ0) is 16.7. The fourth-order valence-corrected chi connectivity index (χ4v) is 5.72. The van der Waals surface area contributed by atoms with Crippen LogP contribution in [0.4, 0.5) is 0 Å². The van der Waals surface area contributed by atoms with Crippen molar-refractivity contribution in [2.45, 2.75) is 23.8 Å². The molecular formula is C16H14ClN3O2S2. The monoisotopic (exact) mass is 379 g/mol. The molecule has 0 amide bonds. The van der Waals surface area contributed by atoms with Crippen LogP contribution < -0.4 is 0 Å². The molecule has 1 aliphatic rings. The van der Waals surface area contributed by atoms with E-state index in [1.165, 1.54) is 0 Å². The van der Waals surface area contributed by atoms with Gasteiger partial charge in [-0.05, 0) is 42.7 Å². The molecule has 0 radical (unpaired) electrons. The number of halogens is 1. The van der Waals surface area contributed by atoms with Gasteiger partial charge in [-0.15, -0.1) is 0 Å². The van der Waals surface area contributed by atoms with Crippen molar-refractivity contribution in [3.05, 3.63) is 53.1 Å². The lowest BCUT2D eigenvalue weighted by Crippen LogP contribution is -2.30. The fourth-order valence-electron chi connectivity index (χ4n) is 3.16. The van der Waals surface area contributed by atoms with Crippen LogP contribution in [0.15, 0.2) is 47.4 Å². The van der Waals surface area contributed by atoms with E-state index < -0.39 is 10.0 Å². The van der Waals surface area contributed by atoms with Crippen LogP contribution in [0, 0.1) is 0 Å². The standard InChI is InChI=1S/C16H14ClN3O2S2/c17-12-8-6-11(7-9-12)14-4-2-10-20(14)24(21,22)15-5-1-3-13-16(15)19-23-18-13/h1,3,5-9,14H,2,4,10H2/t14-/m0/s1. The molecule has 1 aliphatic heterocycles. The third kappa shape index (κ3) is 2.61. The van der Waals surface area contributed by atoms with Crippen LogP contribution in [0.2, 0.25) is 5.02 Å². The van der Waals surface area contributed by atoms with Gasteiger partial charge >= 0.3 is 0 Å². The second-order valence-electron chi connectivity index (χ2n) is 5.71. The second-order valence-corrected chi connectivity index (χ2v) is 8.54. The van der Waals surface area contributed by atoms with Gasteiger partial charge in [-0.2, -0.15) is 13.1 Å². The van der Waals surface area contributed by atoms with Crippen molar-refractivity contribution >= 4 is 44.4 Å². The van der Waals surface area contributed by atoms with Gasteiger partial charge in [0.15, 0.2) is 0 Å². The quantitative estimate of drug-likeness (QED) is 0.693. The van der Waals surface area contributed by atoms with Crippen LogP contribution in [0.5, 0.6) is 0 Å². The van der Waals surface area contributed by atoms with Crippen LogP contribution in [-0.2, 0) is 10.0 Å². The number of benzene rings is 2. The summed E-state index contributed by atoms with van der Waals surface area (Å²) in [5, 5.41) is 0.643. The van der Waals surface area contributed by atoms with Crippen molar-refractivity contribution in [3.63, 3.8) is 0 Å². The zero-order valence-electron chi connectivity index (χ0n) is 12.6. The highest BCUT2D eigenvalue weighted by molar-refractivity contribution is 7.89. The van der Waals surface area contributed by atoms with E-state index in [4.69, 9.17) is 11.6 Å². The normalized spacial score (nSPS) is 19.1. The van der Waals surface area contributed by atoms with Crippen molar-refractivity contribution in [2.24, 2.45) is 0 Å². The third-order valence-electron chi connectivity index (χ3n) is 4.29. The summed E-state index contributed by atoms with van der Waals surface area (Å²) >= 11 is 6.97. The van der Waals surface area contributed by atoms with Crippen molar-refractivity contribution in [1.82, 2.24) is 13.1 Å². The lowest BCUT2D eigenvalue weighted by atomic mass is 10.1. The Morgan fingerprint density at radius 2 is 1.92 bits per heavy atom. The predicted octanol–water partition coefficient (Wildman–Crippen LogP) is 3.87. The topological polar surface area (TPSA) is 63.2 Å². The highest BCUT2D eigenvalue weighted by Crippen LogP contribution is 2.38. The van der Waals surface area contributed by atoms with Gasteiger partial charge in [0.1, 0.15) is 15.9 Å². The summed E-state index contributed by atoms with van der Waals surface area (Å²) in [6, 6.07) is 12.3. The number of sulfonamides is 1. The van der Waals surface area contributed by atoms with Crippen molar-refractivity contribution in [3.8, 4) is 0 Å². The number of nitrogens with zero attached hydrogens (tertiary/aromatic N) is 3. The Labute approximate surface area is 149 Å². The molecule has 5 nitrogen and oxygen atoms in total. The summed E-state index contributed by atoms with van der Waals surface area (Å²) in [5.74, 6) is 0. The fraction of sp³-hybridized carbons (Fsp3) is 0.250. The van der Waals surface area contributed by atoms with Gasteiger partial charge in [0.05, 0.1) is 17.8 Å². The van der Waals surface area contributed by atoms with Crippen LogP contribution >= 0.6 is 23.3 Å². The van der Waals surface area contributed by atoms with E-state index in [9.17, 15) is 8.42 Å². The predicted molar refractivity (Wildman–Crippen MR) is 94.7 cm³/mol. The smallest absolute Gasteiger partial charge is 0.207 e. The van der Waals surface area contributed by atoms with Gasteiger partial charge in [0.25, 0.3) is 0 Å². The maximum absolute atomic E-state index is 13.2. The number of fused-ring (bicyclic) bond motifs is 1. The Morgan fingerprint density at radius 1 is 1.12 bits per heavy atom. The molecule has 1 atom stereocenters. The van der Waals surface area contributed by atoms with E-state index in [0.717, 1.165) is 30.1 Å². The molecular weight excluding hydrogens is 366 g/mol. The minimum Gasteiger partial charge on any atom is -0.207 e. The van der Waals surface area contributed by atoms with E-state index in [1.54, 1.807) is 34.6 Å². The molecule has 2 aromatic carbocycles. The van der Waals surface area contributed by atoms with E-state index in [2.05, 4.69) is 8.75 Å². The van der Waals surface area contributed by atoms with Crippen molar-refractivity contribution < 1.29 is 8.42 Å². The molecule has 1 aromatic heterocycles. The van der Waals surface area contributed by atoms with Crippen molar-refractivity contribution in [1.29, 1.82) is 0 Å². The number of rotatable bonds is 3. The molecule has 0 saturated carbocycles. The molecule has 0 spiro atoms. The van der Waals surface area contributed by atoms with E-state index in [-0.39, 0.29) is 10.9 Å². The van der Waals surface area contributed by atoms with E-state index in [0.29, 0.717) is 22.6 Å². The molecule has 0 N–H and O–H groups in total. The molecule has 4 rings (SSSR count). The molecule has 0 unspecified atom stereocenters. The molecule has 24 heavy (non-hydrogen) atoms. The largest absolute Gasteiger partial charge is 0.245 e. The summed E-state index contributed by atoms with van der Waals surface area (Å²) < 4.78 is 36.4. The van der Waals surface area contributed by atoms with Crippen LogP contribution in [0.25, 0.3) is 11.0 Å². The van der Waals surface area contributed by atoms with Gasteiger partial charge in [0.2, 0.25) is 10.0 Å². The summed E-state index contributed by atoms with van der Waals surface area (Å²) in [6.45, 7) is 0.504. The lowest BCUT2D eigenvalue weighted by Gasteiger charge is -2.24. The van der Waals surface area contributed by atoms with E-state index >= 15 is 0 Å². The van der Waals surface area contributed by atoms with Gasteiger partial charge in [0, 0.05) is 11.6 Å². The highest BCUT2D eigenvalue weighted by atomic mass is 35.5. The maximum atomic E-state index is 13.2. The van der Waals surface area contributed by atoms with Gasteiger partial charge in [-0.3, -0.25) is 0 Å². The van der Waals surface area contributed by atoms with Gasteiger partial charge in [-0.1, -0.05) is 29.8 Å². The summed E-state index contributed by atoms with van der Waals surface area (Å²) in [7, 11) is -3.64. The Hall–Kier alpha value is -1.54. The molecule has 3 aromatic rings. The average Bonchev–Trinajstić information content (AvgIpc) is 3.24. The first-order valence-corrected chi connectivity index (χ1v) is 10.1. The molecule has 1 fully saturated rings. The first kappa shape index (κ1) is 16.0. The summed E-state index contributed by atoms with van der Waals surface area (Å²) in [5.41, 5.74) is 2.02. The lowest BCUT2D eigenvalue weighted by molar-refractivity contribution is 0.397. The van der Waals surface area contributed by atoms with Crippen LogP contribution in [0.1, 0.15) is 24.4 Å². The molecule has 0 bridgehead atoms. The Bertz CT molecular complexity index is 986. The Kier molecular flexibility index (Phi) is 4.04. The number of aromatic nitrogens is 2. The highest BCUT2D eigenvalue weighted by Gasteiger charge is 2.37. The van der Waals surface area contributed by atoms with Gasteiger partial charge < -0.3 is 0 Å². The molecule has 0 aliphatic carbocycles. The third-order valence-corrected chi connectivity index (χ3v) is 7.03. The second kappa shape index (κ2) is 6.07. The minimum atomic E-state index is -3.64. The first-order chi connectivity index (χ1) is 11.6. The molecule has 1 saturated heterocycles. The Morgan fingerprint density at radius 3 is 2.71 bits per heavy atom. The molecule has 8 heteroatoms. The zero-order valence-corrected chi connectivity index (χ0v) is 15.0. The molecule has 2 heterocycles. The molecule has 124 valence electrons. The Balaban J connectivity index is 1.78. The van der Waals surface area contributed by atoms with E-state index in [1.807, 2.05) is 12.1 Å². The van der Waals surface area contributed by atoms with Crippen molar-refractivity contribution in [2.75, 3.05) is 6.54 Å².